The first kappa shape index (κ1) is 12.2. The molecule has 0 aliphatic heterocycles. The quantitative estimate of drug-likeness (QED) is 0.723. The van der Waals surface area contributed by atoms with E-state index in [0.29, 0.717) is 17.1 Å². The Balaban J connectivity index is 2.19. The Morgan fingerprint density at radius 3 is 2.94 bits per heavy atom. The van der Waals surface area contributed by atoms with Crippen LogP contribution in [0.4, 0.5) is 11.5 Å². The van der Waals surface area contributed by atoms with Crippen molar-refractivity contribution < 1.29 is 4.79 Å². The van der Waals surface area contributed by atoms with Gasteiger partial charge in [0, 0.05) is 16.8 Å². The summed E-state index contributed by atoms with van der Waals surface area (Å²) in [6.07, 6.45) is 2.52. The molecule has 0 spiro atoms. The first-order valence-electron chi connectivity index (χ1n) is 5.81. The molecule has 0 radical (unpaired) electrons. The molecule has 2 aromatic rings. The van der Waals surface area contributed by atoms with Gasteiger partial charge >= 0.3 is 0 Å². The average Bonchev–Trinajstić information content (AvgIpc) is 2.79. The Kier molecular flexibility index (Phi) is 3.32. The maximum absolute atomic E-state index is 12.0. The van der Waals surface area contributed by atoms with Crippen molar-refractivity contribution in [3.63, 3.8) is 0 Å². The van der Waals surface area contributed by atoms with Gasteiger partial charge in [0.2, 0.25) is 0 Å². The van der Waals surface area contributed by atoms with Gasteiger partial charge in [0.15, 0.2) is 0 Å². The normalized spacial score (nSPS) is 10.3. The standard InChI is InChI=1S/C13H16N4O/c1-3-9-7-15-17-12(9)16-13(18)10-5-4-8(2)11(14)6-10/h4-7H,3,14H2,1-2H3,(H2,15,16,17,18). The molecule has 5 nitrogen and oxygen atoms in total. The number of nitrogens with two attached hydrogens (primary N) is 1. The molecular weight excluding hydrogens is 228 g/mol. The Morgan fingerprint density at radius 2 is 2.28 bits per heavy atom. The largest absolute Gasteiger partial charge is 0.398 e. The number of aromatic amines is 1. The second-order valence-electron chi connectivity index (χ2n) is 4.15. The lowest BCUT2D eigenvalue weighted by Crippen LogP contribution is -2.13. The summed E-state index contributed by atoms with van der Waals surface area (Å²) in [4.78, 5) is 12.0. The number of hydrogen-bond acceptors (Lipinski definition) is 3. The van der Waals surface area contributed by atoms with E-state index >= 15 is 0 Å². The summed E-state index contributed by atoms with van der Waals surface area (Å²) in [6.45, 7) is 3.91. The summed E-state index contributed by atoms with van der Waals surface area (Å²) in [5.41, 5.74) is 8.87. The zero-order valence-corrected chi connectivity index (χ0v) is 10.4. The highest BCUT2D eigenvalue weighted by Crippen LogP contribution is 2.16. The third-order valence-electron chi connectivity index (χ3n) is 2.88. The van der Waals surface area contributed by atoms with Crippen LogP contribution in [0.25, 0.3) is 0 Å². The summed E-state index contributed by atoms with van der Waals surface area (Å²) >= 11 is 0. The van der Waals surface area contributed by atoms with Crippen LogP contribution in [0.2, 0.25) is 0 Å². The summed E-state index contributed by atoms with van der Waals surface area (Å²) in [6, 6.07) is 5.26. The highest BCUT2D eigenvalue weighted by molar-refractivity contribution is 6.04. The fourth-order valence-corrected chi connectivity index (χ4v) is 1.65. The number of rotatable bonds is 3. The lowest BCUT2D eigenvalue weighted by Gasteiger charge is -2.06. The van der Waals surface area contributed by atoms with Gasteiger partial charge < -0.3 is 11.1 Å². The van der Waals surface area contributed by atoms with Gasteiger partial charge in [0.25, 0.3) is 5.91 Å². The van der Waals surface area contributed by atoms with Crippen LogP contribution in [0.15, 0.2) is 24.4 Å². The minimum Gasteiger partial charge on any atom is -0.398 e. The number of H-pyrrole nitrogens is 1. The zero-order chi connectivity index (χ0) is 13.1. The number of hydrogen-bond donors (Lipinski definition) is 3. The lowest BCUT2D eigenvalue weighted by atomic mass is 10.1. The molecule has 1 heterocycles. The number of benzene rings is 1. The van der Waals surface area contributed by atoms with Crippen LogP contribution in [0.1, 0.15) is 28.4 Å². The molecule has 0 unspecified atom stereocenters. The molecule has 0 aliphatic carbocycles. The second kappa shape index (κ2) is 4.91. The SMILES string of the molecule is CCc1cn[nH]c1NC(=O)c1ccc(C)c(N)c1. The Labute approximate surface area is 105 Å². The first-order valence-corrected chi connectivity index (χ1v) is 5.81. The molecule has 0 saturated heterocycles. The molecule has 4 N–H and O–H groups in total. The van der Waals surface area contributed by atoms with Crippen molar-refractivity contribution in [1.82, 2.24) is 10.2 Å². The minimum absolute atomic E-state index is 0.194. The lowest BCUT2D eigenvalue weighted by molar-refractivity contribution is 0.102. The van der Waals surface area contributed by atoms with Crippen molar-refractivity contribution in [2.75, 3.05) is 11.1 Å². The van der Waals surface area contributed by atoms with Gasteiger partial charge in [-0.05, 0) is 31.0 Å². The smallest absolute Gasteiger partial charge is 0.256 e. The van der Waals surface area contributed by atoms with Crippen LogP contribution in [-0.2, 0) is 6.42 Å². The van der Waals surface area contributed by atoms with Crippen molar-refractivity contribution in [3.05, 3.63) is 41.1 Å². The Morgan fingerprint density at radius 1 is 1.50 bits per heavy atom. The highest BCUT2D eigenvalue weighted by atomic mass is 16.1. The van der Waals surface area contributed by atoms with Crippen LogP contribution in [0.5, 0.6) is 0 Å². The van der Waals surface area contributed by atoms with Gasteiger partial charge in [0.05, 0.1) is 6.20 Å². The average molecular weight is 244 g/mol. The molecule has 0 bridgehead atoms. The molecule has 0 fully saturated rings. The van der Waals surface area contributed by atoms with E-state index in [-0.39, 0.29) is 5.91 Å². The van der Waals surface area contributed by atoms with E-state index in [1.54, 1.807) is 18.3 Å². The third-order valence-corrected chi connectivity index (χ3v) is 2.88. The van der Waals surface area contributed by atoms with Crippen LogP contribution < -0.4 is 11.1 Å². The summed E-state index contributed by atoms with van der Waals surface area (Å²) < 4.78 is 0. The minimum atomic E-state index is -0.194. The topological polar surface area (TPSA) is 83.8 Å². The van der Waals surface area contributed by atoms with Gasteiger partial charge in [-0.25, -0.2) is 0 Å². The number of aryl methyl sites for hydroxylation is 2. The van der Waals surface area contributed by atoms with Gasteiger partial charge in [0.1, 0.15) is 5.82 Å². The number of carbonyl (C=O) groups excluding carboxylic acids is 1. The van der Waals surface area contributed by atoms with Crippen LogP contribution >= 0.6 is 0 Å². The molecule has 1 aromatic heterocycles. The first-order chi connectivity index (χ1) is 8.61. The van der Waals surface area contributed by atoms with E-state index in [9.17, 15) is 4.79 Å². The number of amides is 1. The third kappa shape index (κ3) is 2.34. The van der Waals surface area contributed by atoms with E-state index in [1.165, 1.54) is 0 Å². The maximum Gasteiger partial charge on any atom is 0.256 e. The zero-order valence-electron chi connectivity index (χ0n) is 10.4. The van der Waals surface area contributed by atoms with Crippen molar-refractivity contribution >= 4 is 17.4 Å². The van der Waals surface area contributed by atoms with Crippen molar-refractivity contribution in [1.29, 1.82) is 0 Å². The summed E-state index contributed by atoms with van der Waals surface area (Å²) in [7, 11) is 0. The van der Waals surface area contributed by atoms with Gasteiger partial charge in [-0.3, -0.25) is 9.89 Å². The second-order valence-corrected chi connectivity index (χ2v) is 4.15. The molecule has 0 atom stereocenters. The van der Waals surface area contributed by atoms with E-state index < -0.39 is 0 Å². The van der Waals surface area contributed by atoms with Crippen LogP contribution in [0, 0.1) is 6.92 Å². The number of carbonyl (C=O) groups is 1. The van der Waals surface area contributed by atoms with Gasteiger partial charge in [-0.2, -0.15) is 5.10 Å². The molecule has 94 valence electrons. The molecule has 0 saturated carbocycles. The van der Waals surface area contributed by atoms with E-state index in [1.807, 2.05) is 19.9 Å². The van der Waals surface area contributed by atoms with Gasteiger partial charge in [-0.1, -0.05) is 13.0 Å². The van der Waals surface area contributed by atoms with E-state index in [0.717, 1.165) is 17.5 Å². The molecule has 5 heteroatoms. The maximum atomic E-state index is 12.0. The molecule has 1 aromatic carbocycles. The molecule has 18 heavy (non-hydrogen) atoms. The van der Waals surface area contributed by atoms with Crippen LogP contribution in [0.3, 0.4) is 0 Å². The molecule has 1 amide bonds. The number of nitrogens with zero attached hydrogens (tertiary/aromatic N) is 1. The fourth-order valence-electron chi connectivity index (χ4n) is 1.65. The number of nitrogen functional groups attached to an aromatic ring is 1. The van der Waals surface area contributed by atoms with E-state index in [4.69, 9.17) is 5.73 Å². The predicted octanol–water partition coefficient (Wildman–Crippen LogP) is 2.12. The number of anilines is 2. The Hall–Kier alpha value is -2.30. The number of aromatic nitrogens is 2. The van der Waals surface area contributed by atoms with Crippen molar-refractivity contribution in [2.45, 2.75) is 20.3 Å². The van der Waals surface area contributed by atoms with Crippen LogP contribution in [-0.4, -0.2) is 16.1 Å². The van der Waals surface area contributed by atoms with Gasteiger partial charge in [-0.15, -0.1) is 0 Å². The monoisotopic (exact) mass is 244 g/mol. The molecule has 0 aliphatic rings. The van der Waals surface area contributed by atoms with E-state index in [2.05, 4.69) is 15.5 Å². The number of nitrogens with one attached hydrogen (secondary N) is 2. The fraction of sp³-hybridized carbons (Fsp3) is 0.231. The molecule has 2 rings (SSSR count). The summed E-state index contributed by atoms with van der Waals surface area (Å²) in [5, 5.41) is 9.47. The molecular formula is C13H16N4O. The Bertz CT molecular complexity index is 574. The van der Waals surface area contributed by atoms with Crippen molar-refractivity contribution in [2.24, 2.45) is 0 Å². The predicted molar refractivity (Wildman–Crippen MR) is 71.5 cm³/mol. The highest BCUT2D eigenvalue weighted by Gasteiger charge is 2.10. The van der Waals surface area contributed by atoms with Crippen molar-refractivity contribution in [3.8, 4) is 0 Å². The summed E-state index contributed by atoms with van der Waals surface area (Å²) in [5.74, 6) is 0.447.